The van der Waals surface area contributed by atoms with Gasteiger partial charge in [0.15, 0.2) is 0 Å². The standard InChI is InChI=1S/C13H21N/c1-11-7-9-13(10-8-11)14-12-5-3-2-4-6-12/h2-3,7,9,11-14H,4-6,8,10H2,1H3. The van der Waals surface area contributed by atoms with Crippen LogP contribution in [0.1, 0.15) is 39.0 Å². The molecule has 3 atom stereocenters. The Morgan fingerprint density at radius 3 is 2.64 bits per heavy atom. The second-order valence-corrected chi connectivity index (χ2v) is 4.69. The number of hydrogen-bond acceptors (Lipinski definition) is 1. The van der Waals surface area contributed by atoms with Crippen molar-refractivity contribution in [2.75, 3.05) is 0 Å². The van der Waals surface area contributed by atoms with Gasteiger partial charge in [-0.25, -0.2) is 0 Å². The van der Waals surface area contributed by atoms with Crippen molar-refractivity contribution in [1.82, 2.24) is 5.32 Å². The summed E-state index contributed by atoms with van der Waals surface area (Å²) >= 11 is 0. The highest BCUT2D eigenvalue weighted by molar-refractivity contribution is 5.03. The van der Waals surface area contributed by atoms with Gasteiger partial charge in [0.05, 0.1) is 0 Å². The maximum atomic E-state index is 3.74. The molecule has 0 saturated heterocycles. The highest BCUT2D eigenvalue weighted by atomic mass is 14.9. The Labute approximate surface area is 87.3 Å². The normalized spacial score (nSPS) is 37.4. The number of nitrogens with one attached hydrogen (secondary N) is 1. The fraction of sp³-hybridized carbons (Fsp3) is 0.692. The van der Waals surface area contributed by atoms with E-state index in [4.69, 9.17) is 0 Å². The molecule has 1 heteroatoms. The molecule has 1 nitrogen and oxygen atoms in total. The predicted molar refractivity (Wildman–Crippen MR) is 61.2 cm³/mol. The first-order valence-corrected chi connectivity index (χ1v) is 5.94. The monoisotopic (exact) mass is 191 g/mol. The zero-order valence-corrected chi connectivity index (χ0v) is 9.08. The van der Waals surface area contributed by atoms with Gasteiger partial charge in [-0.15, -0.1) is 0 Å². The minimum atomic E-state index is 0.641. The van der Waals surface area contributed by atoms with Crippen molar-refractivity contribution in [2.24, 2.45) is 5.92 Å². The Kier molecular flexibility index (Phi) is 3.41. The van der Waals surface area contributed by atoms with Crippen molar-refractivity contribution >= 4 is 0 Å². The SMILES string of the molecule is CC1C=CC(NC2CC=CCC2)CC1. The third-order valence-electron chi connectivity index (χ3n) is 3.32. The molecule has 2 aliphatic rings. The lowest BCUT2D eigenvalue weighted by molar-refractivity contribution is 0.397. The minimum absolute atomic E-state index is 0.641. The zero-order valence-electron chi connectivity index (χ0n) is 9.08. The van der Waals surface area contributed by atoms with E-state index in [0.717, 1.165) is 12.0 Å². The Balaban J connectivity index is 1.80. The molecule has 2 aliphatic carbocycles. The molecule has 0 radical (unpaired) electrons. The van der Waals surface area contributed by atoms with Gasteiger partial charge in [-0.1, -0.05) is 31.2 Å². The third-order valence-corrected chi connectivity index (χ3v) is 3.32. The Hall–Kier alpha value is -0.560. The summed E-state index contributed by atoms with van der Waals surface area (Å²) in [5.74, 6) is 0.791. The van der Waals surface area contributed by atoms with Gasteiger partial charge in [-0.2, -0.15) is 0 Å². The summed E-state index contributed by atoms with van der Waals surface area (Å²) < 4.78 is 0. The van der Waals surface area contributed by atoms with Crippen molar-refractivity contribution < 1.29 is 0 Å². The average molecular weight is 191 g/mol. The van der Waals surface area contributed by atoms with E-state index in [2.05, 4.69) is 36.5 Å². The lowest BCUT2D eigenvalue weighted by Gasteiger charge is -2.27. The molecule has 0 heterocycles. The molecule has 1 N–H and O–H groups in total. The molecule has 0 aromatic rings. The van der Waals surface area contributed by atoms with Crippen LogP contribution in [-0.4, -0.2) is 12.1 Å². The van der Waals surface area contributed by atoms with Gasteiger partial charge in [0.1, 0.15) is 0 Å². The molecule has 0 bridgehead atoms. The van der Waals surface area contributed by atoms with Gasteiger partial charge < -0.3 is 5.32 Å². The largest absolute Gasteiger partial charge is 0.307 e. The molecule has 0 fully saturated rings. The molecule has 0 aromatic heterocycles. The van der Waals surface area contributed by atoms with E-state index in [1.807, 2.05) is 0 Å². The molecule has 3 unspecified atom stereocenters. The number of allylic oxidation sites excluding steroid dienone is 2. The van der Waals surface area contributed by atoms with E-state index in [1.54, 1.807) is 0 Å². The zero-order chi connectivity index (χ0) is 9.80. The van der Waals surface area contributed by atoms with Crippen molar-refractivity contribution in [3.8, 4) is 0 Å². The van der Waals surface area contributed by atoms with Crippen molar-refractivity contribution in [1.29, 1.82) is 0 Å². The highest BCUT2D eigenvalue weighted by Gasteiger charge is 2.16. The van der Waals surface area contributed by atoms with Crippen LogP contribution in [0.5, 0.6) is 0 Å². The number of rotatable bonds is 2. The van der Waals surface area contributed by atoms with E-state index in [0.29, 0.717) is 6.04 Å². The van der Waals surface area contributed by atoms with Gasteiger partial charge >= 0.3 is 0 Å². The summed E-state index contributed by atoms with van der Waals surface area (Å²) in [7, 11) is 0. The van der Waals surface area contributed by atoms with Gasteiger partial charge in [-0.05, 0) is 38.0 Å². The Bertz CT molecular complexity index is 229. The van der Waals surface area contributed by atoms with Crippen LogP contribution >= 0.6 is 0 Å². The summed E-state index contributed by atoms with van der Waals surface area (Å²) in [6.07, 6.45) is 15.8. The van der Waals surface area contributed by atoms with Crippen LogP contribution in [0.15, 0.2) is 24.3 Å². The Morgan fingerprint density at radius 1 is 1.07 bits per heavy atom. The molecule has 14 heavy (non-hydrogen) atoms. The molecule has 0 saturated carbocycles. The van der Waals surface area contributed by atoms with Gasteiger partial charge in [0.25, 0.3) is 0 Å². The Morgan fingerprint density at radius 2 is 2.00 bits per heavy atom. The molecule has 0 spiro atoms. The molecule has 2 rings (SSSR count). The maximum absolute atomic E-state index is 3.74. The fourth-order valence-electron chi connectivity index (χ4n) is 2.35. The fourth-order valence-corrected chi connectivity index (χ4v) is 2.35. The molecular weight excluding hydrogens is 170 g/mol. The quantitative estimate of drug-likeness (QED) is 0.661. The topological polar surface area (TPSA) is 12.0 Å². The van der Waals surface area contributed by atoms with Crippen LogP contribution < -0.4 is 5.32 Å². The molecule has 78 valence electrons. The van der Waals surface area contributed by atoms with E-state index in [9.17, 15) is 0 Å². The summed E-state index contributed by atoms with van der Waals surface area (Å²) in [6.45, 7) is 2.30. The van der Waals surface area contributed by atoms with Crippen LogP contribution in [0.2, 0.25) is 0 Å². The smallest absolute Gasteiger partial charge is 0.0253 e. The lowest BCUT2D eigenvalue weighted by Crippen LogP contribution is -2.38. The second-order valence-electron chi connectivity index (χ2n) is 4.69. The molecular formula is C13H21N. The average Bonchev–Trinajstić information content (AvgIpc) is 2.23. The lowest BCUT2D eigenvalue weighted by atomic mass is 9.92. The molecule has 0 aliphatic heterocycles. The predicted octanol–water partition coefficient (Wildman–Crippen LogP) is 3.04. The van der Waals surface area contributed by atoms with Crippen LogP contribution in [0.4, 0.5) is 0 Å². The van der Waals surface area contributed by atoms with E-state index in [1.165, 1.54) is 32.1 Å². The van der Waals surface area contributed by atoms with Crippen molar-refractivity contribution in [3.63, 3.8) is 0 Å². The van der Waals surface area contributed by atoms with E-state index >= 15 is 0 Å². The second kappa shape index (κ2) is 4.79. The van der Waals surface area contributed by atoms with E-state index < -0.39 is 0 Å². The molecule has 0 aromatic carbocycles. The first-order valence-electron chi connectivity index (χ1n) is 5.94. The van der Waals surface area contributed by atoms with Gasteiger partial charge in [-0.3, -0.25) is 0 Å². The molecule has 0 amide bonds. The van der Waals surface area contributed by atoms with Crippen LogP contribution in [-0.2, 0) is 0 Å². The van der Waals surface area contributed by atoms with Gasteiger partial charge in [0, 0.05) is 12.1 Å². The van der Waals surface area contributed by atoms with E-state index in [-0.39, 0.29) is 0 Å². The first-order chi connectivity index (χ1) is 6.84. The highest BCUT2D eigenvalue weighted by Crippen LogP contribution is 2.19. The van der Waals surface area contributed by atoms with Crippen molar-refractivity contribution in [2.45, 2.75) is 51.1 Å². The summed E-state index contributed by atoms with van der Waals surface area (Å²) in [5, 5.41) is 3.74. The van der Waals surface area contributed by atoms with Crippen LogP contribution in [0.3, 0.4) is 0 Å². The van der Waals surface area contributed by atoms with Crippen LogP contribution in [0.25, 0.3) is 0 Å². The minimum Gasteiger partial charge on any atom is -0.307 e. The van der Waals surface area contributed by atoms with Crippen LogP contribution in [0, 0.1) is 5.92 Å². The van der Waals surface area contributed by atoms with Crippen molar-refractivity contribution in [3.05, 3.63) is 24.3 Å². The summed E-state index contributed by atoms with van der Waals surface area (Å²) in [6, 6.07) is 1.37. The third kappa shape index (κ3) is 2.71. The summed E-state index contributed by atoms with van der Waals surface area (Å²) in [5.41, 5.74) is 0. The summed E-state index contributed by atoms with van der Waals surface area (Å²) in [4.78, 5) is 0. The maximum Gasteiger partial charge on any atom is 0.0253 e. The van der Waals surface area contributed by atoms with Gasteiger partial charge in [0.2, 0.25) is 0 Å². The first kappa shape index (κ1) is 9.97. The number of hydrogen-bond donors (Lipinski definition) is 1.